The van der Waals surface area contributed by atoms with Crippen LogP contribution in [0.1, 0.15) is 24.5 Å². The van der Waals surface area contributed by atoms with Gasteiger partial charge in [-0.15, -0.1) is 0 Å². The van der Waals surface area contributed by atoms with Crippen LogP contribution in [-0.4, -0.2) is 38.4 Å². The summed E-state index contributed by atoms with van der Waals surface area (Å²) in [5, 5.41) is 14.0. The molecule has 1 N–H and O–H groups in total. The van der Waals surface area contributed by atoms with Gasteiger partial charge >= 0.3 is 0 Å². The Morgan fingerprint density at radius 1 is 1.30 bits per heavy atom. The van der Waals surface area contributed by atoms with Gasteiger partial charge in [0.25, 0.3) is 21.6 Å². The second-order valence-corrected chi connectivity index (χ2v) is 8.88. The molecule has 0 radical (unpaired) electrons. The van der Waals surface area contributed by atoms with E-state index in [4.69, 9.17) is 4.74 Å². The van der Waals surface area contributed by atoms with Gasteiger partial charge in [-0.25, -0.2) is 8.42 Å². The molecule has 0 aromatic heterocycles. The Morgan fingerprint density at radius 2 is 2.00 bits per heavy atom. The quantitative estimate of drug-likeness (QED) is 0.553. The van der Waals surface area contributed by atoms with E-state index in [0.717, 1.165) is 16.8 Å². The third-order valence-corrected chi connectivity index (χ3v) is 6.87. The zero-order chi connectivity index (χ0) is 22.1. The normalized spacial score (nSPS) is 15.8. The van der Waals surface area contributed by atoms with Crippen LogP contribution in [0, 0.1) is 24.0 Å². The molecule has 0 saturated heterocycles. The summed E-state index contributed by atoms with van der Waals surface area (Å²) in [6.45, 7) is 5.33. The predicted molar refractivity (Wildman–Crippen MR) is 111 cm³/mol. The number of fused-ring (bicyclic) bond motifs is 1. The lowest BCUT2D eigenvalue weighted by molar-refractivity contribution is -0.385. The molecule has 10 heteroatoms. The summed E-state index contributed by atoms with van der Waals surface area (Å²) >= 11 is 0. The van der Waals surface area contributed by atoms with Gasteiger partial charge in [0.15, 0.2) is 6.10 Å². The lowest BCUT2D eigenvalue weighted by Gasteiger charge is -2.35. The number of hydrogen-bond acceptors (Lipinski definition) is 6. The summed E-state index contributed by atoms with van der Waals surface area (Å²) in [5.74, 6) is -0.165. The molecule has 1 heterocycles. The predicted octanol–water partition coefficient (Wildman–Crippen LogP) is 2.69. The fourth-order valence-corrected chi connectivity index (χ4v) is 5.03. The standard InChI is InChI=1S/C20H23N3O6S/c1-4-9-21-20(24)18-12-22(16-7-5-6-8-17(16)29-18)30(27,28)19-11-15(23(25)26)10-13(2)14(19)3/h5-8,10-11,18H,4,9,12H2,1-3H3,(H,21,24). The smallest absolute Gasteiger partial charge is 0.271 e. The van der Waals surface area contributed by atoms with Crippen LogP contribution in [0.4, 0.5) is 11.4 Å². The van der Waals surface area contributed by atoms with Crippen molar-refractivity contribution in [3.8, 4) is 5.75 Å². The number of nitro groups is 1. The molecule has 1 aliphatic heterocycles. The van der Waals surface area contributed by atoms with E-state index in [9.17, 15) is 23.3 Å². The zero-order valence-electron chi connectivity index (χ0n) is 16.9. The van der Waals surface area contributed by atoms with Crippen molar-refractivity contribution in [3.05, 3.63) is 57.6 Å². The maximum Gasteiger partial charge on any atom is 0.271 e. The molecule has 0 bridgehead atoms. The number of nitrogens with one attached hydrogen (secondary N) is 1. The number of benzene rings is 2. The van der Waals surface area contributed by atoms with Gasteiger partial charge in [-0.2, -0.15) is 0 Å². The number of aryl methyl sites for hydroxylation is 1. The largest absolute Gasteiger partial charge is 0.476 e. The first kappa shape index (κ1) is 21.6. The molecule has 1 aliphatic rings. The van der Waals surface area contributed by atoms with Crippen molar-refractivity contribution in [1.29, 1.82) is 0 Å². The lowest BCUT2D eigenvalue weighted by Crippen LogP contribution is -2.50. The molecular weight excluding hydrogens is 410 g/mol. The number of para-hydroxylation sites is 2. The highest BCUT2D eigenvalue weighted by Gasteiger charge is 2.38. The van der Waals surface area contributed by atoms with E-state index in [1.165, 1.54) is 6.07 Å². The molecule has 30 heavy (non-hydrogen) atoms. The van der Waals surface area contributed by atoms with Crippen LogP contribution in [0.15, 0.2) is 41.3 Å². The van der Waals surface area contributed by atoms with Crippen LogP contribution in [0.2, 0.25) is 0 Å². The number of nitro benzene ring substituents is 1. The Labute approximate surface area is 174 Å². The SMILES string of the molecule is CCCNC(=O)C1CN(S(=O)(=O)c2cc([N+](=O)[O-])cc(C)c2C)c2ccccc2O1. The number of amides is 1. The maximum absolute atomic E-state index is 13.6. The Morgan fingerprint density at radius 3 is 2.67 bits per heavy atom. The molecule has 1 amide bonds. The Bertz CT molecular complexity index is 1100. The van der Waals surface area contributed by atoms with Crippen molar-refractivity contribution in [3.63, 3.8) is 0 Å². The highest BCUT2D eigenvalue weighted by atomic mass is 32.2. The molecule has 3 rings (SSSR count). The molecule has 0 aliphatic carbocycles. The van der Waals surface area contributed by atoms with Crippen LogP contribution >= 0.6 is 0 Å². The van der Waals surface area contributed by atoms with Crippen molar-refractivity contribution in [1.82, 2.24) is 5.32 Å². The van der Waals surface area contributed by atoms with Crippen molar-refractivity contribution < 1.29 is 22.9 Å². The third kappa shape index (κ3) is 3.95. The van der Waals surface area contributed by atoms with Crippen molar-refractivity contribution in [2.45, 2.75) is 38.2 Å². The highest BCUT2D eigenvalue weighted by Crippen LogP contribution is 2.38. The van der Waals surface area contributed by atoms with Gasteiger partial charge in [0.05, 0.1) is 22.1 Å². The van der Waals surface area contributed by atoms with Crippen LogP contribution < -0.4 is 14.4 Å². The van der Waals surface area contributed by atoms with E-state index < -0.39 is 27.0 Å². The lowest BCUT2D eigenvalue weighted by atomic mass is 10.1. The van der Waals surface area contributed by atoms with E-state index in [1.807, 2.05) is 6.92 Å². The average Bonchev–Trinajstić information content (AvgIpc) is 2.72. The van der Waals surface area contributed by atoms with Gasteiger partial charge in [-0.05, 0) is 43.5 Å². The van der Waals surface area contributed by atoms with E-state index in [0.29, 0.717) is 17.7 Å². The monoisotopic (exact) mass is 433 g/mol. The first-order valence-electron chi connectivity index (χ1n) is 9.48. The molecule has 160 valence electrons. The minimum Gasteiger partial charge on any atom is -0.476 e. The molecular formula is C20H23N3O6S. The van der Waals surface area contributed by atoms with Gasteiger partial charge in [-0.3, -0.25) is 19.2 Å². The van der Waals surface area contributed by atoms with Gasteiger partial charge < -0.3 is 10.1 Å². The zero-order valence-corrected chi connectivity index (χ0v) is 17.7. The first-order chi connectivity index (χ1) is 14.2. The summed E-state index contributed by atoms with van der Waals surface area (Å²) < 4.78 is 34.0. The Balaban J connectivity index is 2.10. The fraction of sp³-hybridized carbons (Fsp3) is 0.350. The van der Waals surface area contributed by atoms with Crippen LogP contribution in [0.3, 0.4) is 0 Å². The summed E-state index contributed by atoms with van der Waals surface area (Å²) in [6, 6.07) is 8.90. The Hall–Kier alpha value is -3.14. The second kappa shape index (κ2) is 8.31. The van der Waals surface area contributed by atoms with Gasteiger partial charge in [0, 0.05) is 18.7 Å². The minimum atomic E-state index is -4.20. The molecule has 1 atom stereocenters. The summed E-state index contributed by atoms with van der Waals surface area (Å²) in [4.78, 5) is 23.0. The van der Waals surface area contributed by atoms with E-state index in [2.05, 4.69) is 5.32 Å². The number of ether oxygens (including phenoxy) is 1. The van der Waals surface area contributed by atoms with E-state index in [-0.39, 0.29) is 28.6 Å². The average molecular weight is 433 g/mol. The topological polar surface area (TPSA) is 119 Å². The van der Waals surface area contributed by atoms with Crippen molar-refractivity contribution in [2.24, 2.45) is 0 Å². The Kier molecular flexibility index (Phi) is 5.97. The fourth-order valence-electron chi connectivity index (χ4n) is 3.23. The molecule has 0 fully saturated rings. The number of carbonyl (C=O) groups is 1. The van der Waals surface area contributed by atoms with Crippen LogP contribution in [-0.2, 0) is 14.8 Å². The van der Waals surface area contributed by atoms with Gasteiger partial charge in [0.1, 0.15) is 5.75 Å². The molecule has 0 saturated carbocycles. The number of nitrogens with zero attached hydrogens (tertiary/aromatic N) is 2. The number of anilines is 1. The van der Waals surface area contributed by atoms with Crippen LogP contribution in [0.5, 0.6) is 5.75 Å². The summed E-state index contributed by atoms with van der Waals surface area (Å²) in [6.07, 6.45) is -0.315. The summed E-state index contributed by atoms with van der Waals surface area (Å²) in [5.41, 5.74) is 0.870. The molecule has 9 nitrogen and oxygen atoms in total. The maximum atomic E-state index is 13.6. The molecule has 1 unspecified atom stereocenters. The number of hydrogen-bond donors (Lipinski definition) is 1. The minimum absolute atomic E-state index is 0.168. The first-order valence-corrected chi connectivity index (χ1v) is 10.9. The second-order valence-electron chi connectivity index (χ2n) is 7.04. The van der Waals surface area contributed by atoms with Gasteiger partial charge in [-0.1, -0.05) is 19.1 Å². The third-order valence-electron chi connectivity index (χ3n) is 4.96. The van der Waals surface area contributed by atoms with E-state index >= 15 is 0 Å². The number of rotatable bonds is 6. The number of sulfonamides is 1. The van der Waals surface area contributed by atoms with Crippen molar-refractivity contribution in [2.75, 3.05) is 17.4 Å². The summed E-state index contributed by atoms with van der Waals surface area (Å²) in [7, 11) is -4.20. The highest BCUT2D eigenvalue weighted by molar-refractivity contribution is 7.93. The number of carbonyl (C=O) groups excluding carboxylic acids is 1. The number of non-ortho nitro benzene ring substituents is 1. The van der Waals surface area contributed by atoms with Crippen LogP contribution in [0.25, 0.3) is 0 Å². The molecule has 2 aromatic carbocycles. The van der Waals surface area contributed by atoms with E-state index in [1.54, 1.807) is 38.1 Å². The molecule has 0 spiro atoms. The molecule has 2 aromatic rings. The van der Waals surface area contributed by atoms with Gasteiger partial charge in [0.2, 0.25) is 0 Å². The van der Waals surface area contributed by atoms with Crippen molar-refractivity contribution >= 4 is 27.3 Å².